The molecule has 0 aliphatic carbocycles. The van der Waals surface area contributed by atoms with E-state index in [2.05, 4.69) is 21.7 Å². The standard InChI is InChI=1S/C25H23ClN4O3/c1-25(2,3)33-24(32)30-21-7-5-4-6-20(21)29-23(31)18-10-8-17(9-11-18)22-19(14-27)12-16(13-26)15-28-22/h4-12,15H,13H2,1-3H3,(H,29,31)(H,30,32). The number of benzene rings is 2. The van der Waals surface area contributed by atoms with Gasteiger partial charge < -0.3 is 10.1 Å². The number of nitrogens with zero attached hydrogens (tertiary/aromatic N) is 2. The van der Waals surface area contributed by atoms with Crippen LogP contribution in [0.3, 0.4) is 0 Å². The lowest BCUT2D eigenvalue weighted by Gasteiger charge is -2.20. The van der Waals surface area contributed by atoms with Crippen LogP contribution in [0.5, 0.6) is 0 Å². The number of alkyl halides is 1. The zero-order valence-electron chi connectivity index (χ0n) is 18.5. The molecule has 0 atom stereocenters. The molecular formula is C25H23ClN4O3. The van der Waals surface area contributed by atoms with Gasteiger partial charge in [0, 0.05) is 23.2 Å². The molecule has 0 spiro atoms. The van der Waals surface area contributed by atoms with Crippen LogP contribution in [-0.2, 0) is 10.6 Å². The van der Waals surface area contributed by atoms with Crippen molar-refractivity contribution in [2.75, 3.05) is 10.6 Å². The summed E-state index contributed by atoms with van der Waals surface area (Å²) < 4.78 is 5.28. The second kappa shape index (κ2) is 10.2. The minimum Gasteiger partial charge on any atom is -0.444 e. The van der Waals surface area contributed by atoms with E-state index in [0.29, 0.717) is 33.8 Å². The molecule has 0 saturated heterocycles. The summed E-state index contributed by atoms with van der Waals surface area (Å²) in [5.74, 6) is -0.0864. The molecule has 1 aromatic heterocycles. The van der Waals surface area contributed by atoms with E-state index in [-0.39, 0.29) is 11.8 Å². The fraction of sp³-hybridized carbons (Fsp3) is 0.200. The minimum atomic E-state index is -0.644. The predicted octanol–water partition coefficient (Wildman–Crippen LogP) is 5.96. The Morgan fingerprint density at radius 2 is 1.70 bits per heavy atom. The summed E-state index contributed by atoms with van der Waals surface area (Å²) in [5.41, 5.74) is 3.00. The molecule has 8 heteroatoms. The summed E-state index contributed by atoms with van der Waals surface area (Å²) in [6, 6.07) is 17.4. The van der Waals surface area contributed by atoms with Gasteiger partial charge in [0.25, 0.3) is 5.91 Å². The van der Waals surface area contributed by atoms with Gasteiger partial charge in [0.15, 0.2) is 0 Å². The lowest BCUT2D eigenvalue weighted by Crippen LogP contribution is -2.27. The molecule has 0 aliphatic rings. The van der Waals surface area contributed by atoms with Crippen molar-refractivity contribution < 1.29 is 14.3 Å². The predicted molar refractivity (Wildman–Crippen MR) is 128 cm³/mol. The van der Waals surface area contributed by atoms with Crippen molar-refractivity contribution in [1.29, 1.82) is 5.26 Å². The summed E-state index contributed by atoms with van der Waals surface area (Å²) in [5, 5.41) is 14.9. The van der Waals surface area contributed by atoms with Crippen LogP contribution in [0.25, 0.3) is 11.3 Å². The van der Waals surface area contributed by atoms with Gasteiger partial charge in [-0.25, -0.2) is 4.79 Å². The van der Waals surface area contributed by atoms with Crippen molar-refractivity contribution in [3.05, 3.63) is 77.5 Å². The molecule has 3 aromatic rings. The second-order valence-corrected chi connectivity index (χ2v) is 8.46. The first kappa shape index (κ1) is 23.8. The first-order chi connectivity index (χ1) is 15.7. The van der Waals surface area contributed by atoms with Gasteiger partial charge in [-0.05, 0) is 56.7 Å². The van der Waals surface area contributed by atoms with Crippen molar-refractivity contribution in [2.45, 2.75) is 32.3 Å². The first-order valence-electron chi connectivity index (χ1n) is 10.2. The summed E-state index contributed by atoms with van der Waals surface area (Å²) in [4.78, 5) is 29.3. The molecule has 0 unspecified atom stereocenters. The van der Waals surface area contributed by atoms with E-state index < -0.39 is 11.7 Å². The molecule has 2 aromatic carbocycles. The van der Waals surface area contributed by atoms with E-state index in [1.165, 1.54) is 0 Å². The van der Waals surface area contributed by atoms with Gasteiger partial charge in [-0.15, -0.1) is 11.6 Å². The number of hydrogen-bond donors (Lipinski definition) is 2. The maximum absolute atomic E-state index is 12.8. The van der Waals surface area contributed by atoms with Crippen LogP contribution >= 0.6 is 11.6 Å². The summed E-state index contributed by atoms with van der Waals surface area (Å²) in [7, 11) is 0. The molecular weight excluding hydrogens is 440 g/mol. The highest BCUT2D eigenvalue weighted by atomic mass is 35.5. The number of nitriles is 1. The van der Waals surface area contributed by atoms with Crippen LogP contribution in [0.4, 0.5) is 16.2 Å². The number of nitrogens with one attached hydrogen (secondary N) is 2. The number of amides is 2. The monoisotopic (exact) mass is 462 g/mol. The number of carbonyl (C=O) groups excluding carboxylic acids is 2. The number of hydrogen-bond acceptors (Lipinski definition) is 5. The number of aromatic nitrogens is 1. The van der Waals surface area contributed by atoms with Crippen LogP contribution in [0.1, 0.15) is 42.3 Å². The average molecular weight is 463 g/mol. The van der Waals surface area contributed by atoms with Crippen LogP contribution in [0.15, 0.2) is 60.8 Å². The number of para-hydroxylation sites is 2. The average Bonchev–Trinajstić information content (AvgIpc) is 2.78. The van der Waals surface area contributed by atoms with Crippen molar-refractivity contribution >= 4 is 35.0 Å². The van der Waals surface area contributed by atoms with E-state index >= 15 is 0 Å². The van der Waals surface area contributed by atoms with E-state index in [4.69, 9.17) is 16.3 Å². The highest BCUT2D eigenvalue weighted by Crippen LogP contribution is 2.25. The summed E-state index contributed by atoms with van der Waals surface area (Å²) in [6.07, 6.45) is 1.01. The zero-order chi connectivity index (χ0) is 24.0. The molecule has 3 rings (SSSR count). The molecule has 2 N–H and O–H groups in total. The van der Waals surface area contributed by atoms with Gasteiger partial charge in [-0.1, -0.05) is 24.3 Å². The Labute approximate surface area is 197 Å². The highest BCUT2D eigenvalue weighted by Gasteiger charge is 2.18. The lowest BCUT2D eigenvalue weighted by molar-refractivity contribution is 0.0635. The Morgan fingerprint density at radius 3 is 2.27 bits per heavy atom. The number of halogens is 1. The van der Waals surface area contributed by atoms with E-state index in [1.807, 2.05) is 0 Å². The van der Waals surface area contributed by atoms with Crippen molar-refractivity contribution in [2.24, 2.45) is 0 Å². The van der Waals surface area contributed by atoms with Crippen molar-refractivity contribution in [3.63, 3.8) is 0 Å². The maximum Gasteiger partial charge on any atom is 0.412 e. The van der Waals surface area contributed by atoms with E-state index in [9.17, 15) is 14.9 Å². The lowest BCUT2D eigenvalue weighted by atomic mass is 10.0. The fourth-order valence-electron chi connectivity index (χ4n) is 2.99. The molecule has 0 fully saturated rings. The highest BCUT2D eigenvalue weighted by molar-refractivity contribution is 6.17. The molecule has 1 heterocycles. The quantitative estimate of drug-likeness (QED) is 0.455. The Balaban J connectivity index is 1.76. The Kier molecular flexibility index (Phi) is 7.31. The molecule has 0 saturated carbocycles. The number of ether oxygens (including phenoxy) is 1. The van der Waals surface area contributed by atoms with Gasteiger partial charge >= 0.3 is 6.09 Å². The normalized spacial score (nSPS) is 10.8. The SMILES string of the molecule is CC(C)(C)OC(=O)Nc1ccccc1NC(=O)c1ccc(-c2ncc(CCl)cc2C#N)cc1. The summed E-state index contributed by atoms with van der Waals surface area (Å²) in [6.45, 7) is 5.31. The third-order valence-corrected chi connectivity index (χ3v) is 4.76. The maximum atomic E-state index is 12.8. The number of rotatable bonds is 5. The molecule has 7 nitrogen and oxygen atoms in total. The molecule has 33 heavy (non-hydrogen) atoms. The van der Waals surface area contributed by atoms with Gasteiger partial charge in [-0.3, -0.25) is 15.1 Å². The molecule has 2 amide bonds. The minimum absolute atomic E-state index is 0.269. The molecule has 168 valence electrons. The molecule has 0 radical (unpaired) electrons. The Hall–Kier alpha value is -3.89. The first-order valence-corrected chi connectivity index (χ1v) is 10.7. The Morgan fingerprint density at radius 1 is 1.06 bits per heavy atom. The van der Waals surface area contributed by atoms with Gasteiger partial charge in [0.05, 0.1) is 22.6 Å². The van der Waals surface area contributed by atoms with Crippen LogP contribution in [-0.4, -0.2) is 22.6 Å². The third-order valence-electron chi connectivity index (χ3n) is 4.45. The van der Waals surface area contributed by atoms with Crippen molar-refractivity contribution in [3.8, 4) is 17.3 Å². The zero-order valence-corrected chi connectivity index (χ0v) is 19.2. The van der Waals surface area contributed by atoms with E-state index in [0.717, 1.165) is 5.56 Å². The number of pyridine rings is 1. The van der Waals surface area contributed by atoms with Gasteiger partial charge in [-0.2, -0.15) is 5.26 Å². The molecule has 0 bridgehead atoms. The van der Waals surface area contributed by atoms with Crippen LogP contribution in [0, 0.1) is 11.3 Å². The topological polar surface area (TPSA) is 104 Å². The largest absolute Gasteiger partial charge is 0.444 e. The van der Waals surface area contributed by atoms with Gasteiger partial charge in [0.2, 0.25) is 0 Å². The molecule has 0 aliphatic heterocycles. The summed E-state index contributed by atoms with van der Waals surface area (Å²) >= 11 is 5.82. The van der Waals surface area contributed by atoms with E-state index in [1.54, 1.807) is 81.6 Å². The fourth-order valence-corrected chi connectivity index (χ4v) is 3.13. The van der Waals surface area contributed by atoms with Crippen LogP contribution in [0.2, 0.25) is 0 Å². The third kappa shape index (κ3) is 6.31. The second-order valence-electron chi connectivity index (χ2n) is 8.19. The smallest absolute Gasteiger partial charge is 0.412 e. The number of carbonyl (C=O) groups is 2. The van der Waals surface area contributed by atoms with Crippen LogP contribution < -0.4 is 10.6 Å². The number of anilines is 2. The van der Waals surface area contributed by atoms with Gasteiger partial charge in [0.1, 0.15) is 11.7 Å². The Bertz CT molecular complexity index is 1210. The van der Waals surface area contributed by atoms with Crippen molar-refractivity contribution in [1.82, 2.24) is 4.98 Å².